The van der Waals surface area contributed by atoms with Gasteiger partial charge < -0.3 is 5.11 Å². The predicted octanol–water partition coefficient (Wildman–Crippen LogP) is 3.67. The number of aryl methyl sites for hydroxylation is 4. The number of aliphatic carboxylic acids is 1. The van der Waals surface area contributed by atoms with Crippen molar-refractivity contribution in [3.63, 3.8) is 0 Å². The zero-order chi connectivity index (χ0) is 14.2. The summed E-state index contributed by atoms with van der Waals surface area (Å²) < 4.78 is 0. The van der Waals surface area contributed by atoms with Gasteiger partial charge in [0.1, 0.15) is 5.01 Å². The molecule has 2 aromatic rings. The van der Waals surface area contributed by atoms with E-state index in [-0.39, 0.29) is 6.42 Å². The number of aromatic nitrogens is 1. The van der Waals surface area contributed by atoms with Gasteiger partial charge in [-0.1, -0.05) is 17.7 Å². The van der Waals surface area contributed by atoms with Crippen molar-refractivity contribution in [2.45, 2.75) is 34.1 Å². The third kappa shape index (κ3) is 2.84. The summed E-state index contributed by atoms with van der Waals surface area (Å²) in [4.78, 5) is 16.2. The fourth-order valence-corrected chi connectivity index (χ4v) is 3.58. The van der Waals surface area contributed by atoms with Crippen LogP contribution in [0.25, 0.3) is 10.6 Å². The summed E-state index contributed by atoms with van der Waals surface area (Å²) in [5.74, 6) is -0.810. The van der Waals surface area contributed by atoms with Crippen molar-refractivity contribution in [2.75, 3.05) is 0 Å². The smallest absolute Gasteiger partial charge is 0.308 e. The van der Waals surface area contributed by atoms with E-state index in [4.69, 9.17) is 5.11 Å². The zero-order valence-corrected chi connectivity index (χ0v) is 12.4. The summed E-state index contributed by atoms with van der Waals surface area (Å²) in [7, 11) is 0. The molecule has 2 rings (SSSR count). The first-order valence-electron chi connectivity index (χ1n) is 6.15. The van der Waals surface area contributed by atoms with Crippen LogP contribution in [-0.4, -0.2) is 16.1 Å². The molecule has 4 heteroatoms. The lowest BCUT2D eigenvalue weighted by atomic mass is 10.0. The van der Waals surface area contributed by atoms with Gasteiger partial charge in [0, 0.05) is 10.4 Å². The normalized spacial score (nSPS) is 10.7. The summed E-state index contributed by atoms with van der Waals surface area (Å²) in [5, 5.41) is 9.82. The number of benzene rings is 1. The maximum absolute atomic E-state index is 10.8. The van der Waals surface area contributed by atoms with Crippen LogP contribution in [0.1, 0.15) is 27.3 Å². The Bertz CT molecular complexity index is 621. The van der Waals surface area contributed by atoms with Gasteiger partial charge in [-0.3, -0.25) is 4.79 Å². The van der Waals surface area contributed by atoms with Gasteiger partial charge in [-0.2, -0.15) is 0 Å². The number of thiazole rings is 1. The minimum atomic E-state index is -0.810. The highest BCUT2D eigenvalue weighted by Gasteiger charge is 2.15. The van der Waals surface area contributed by atoms with E-state index in [1.165, 1.54) is 28.0 Å². The van der Waals surface area contributed by atoms with Crippen LogP contribution < -0.4 is 0 Å². The quantitative estimate of drug-likeness (QED) is 0.929. The number of carbonyl (C=O) groups is 1. The Labute approximate surface area is 116 Å². The molecule has 1 aromatic carbocycles. The van der Waals surface area contributed by atoms with Crippen molar-refractivity contribution in [1.82, 2.24) is 4.98 Å². The second-order valence-corrected chi connectivity index (χ2v) is 5.96. The minimum absolute atomic E-state index is 0.0491. The van der Waals surface area contributed by atoms with Gasteiger partial charge >= 0.3 is 5.97 Å². The highest BCUT2D eigenvalue weighted by molar-refractivity contribution is 7.15. The number of nitrogens with zero attached hydrogens (tertiary/aromatic N) is 1. The number of carboxylic acid groups (broad SMARTS) is 1. The summed E-state index contributed by atoms with van der Waals surface area (Å²) in [6.45, 7) is 8.09. The summed E-state index contributed by atoms with van der Waals surface area (Å²) in [6, 6.07) is 4.27. The van der Waals surface area contributed by atoms with E-state index >= 15 is 0 Å². The number of hydrogen-bond acceptors (Lipinski definition) is 3. The van der Waals surface area contributed by atoms with Gasteiger partial charge in [0.25, 0.3) is 0 Å². The Morgan fingerprint density at radius 3 is 2.32 bits per heavy atom. The zero-order valence-electron chi connectivity index (χ0n) is 11.6. The molecule has 0 saturated carbocycles. The third-order valence-electron chi connectivity index (χ3n) is 3.10. The van der Waals surface area contributed by atoms with E-state index in [1.807, 2.05) is 6.92 Å². The van der Waals surface area contributed by atoms with Crippen LogP contribution in [0.15, 0.2) is 12.1 Å². The van der Waals surface area contributed by atoms with Gasteiger partial charge in [0.2, 0.25) is 0 Å². The molecule has 0 aliphatic carbocycles. The number of carboxylic acids is 1. The van der Waals surface area contributed by atoms with Crippen LogP contribution in [0.5, 0.6) is 0 Å². The van der Waals surface area contributed by atoms with Gasteiger partial charge in [-0.05, 0) is 38.8 Å². The third-order valence-corrected chi connectivity index (χ3v) is 4.27. The van der Waals surface area contributed by atoms with Gasteiger partial charge in [0.05, 0.1) is 12.1 Å². The van der Waals surface area contributed by atoms with Crippen molar-refractivity contribution in [2.24, 2.45) is 0 Å². The molecule has 1 aromatic heterocycles. The van der Waals surface area contributed by atoms with Crippen LogP contribution in [0.4, 0.5) is 0 Å². The Morgan fingerprint density at radius 2 is 1.79 bits per heavy atom. The molecule has 0 amide bonds. The Morgan fingerprint density at radius 1 is 1.21 bits per heavy atom. The summed E-state index contributed by atoms with van der Waals surface area (Å²) in [6.07, 6.45) is 0.0491. The molecule has 0 aliphatic heterocycles. The van der Waals surface area contributed by atoms with E-state index in [0.29, 0.717) is 0 Å². The van der Waals surface area contributed by atoms with Crippen molar-refractivity contribution >= 4 is 17.3 Å². The van der Waals surface area contributed by atoms with Crippen molar-refractivity contribution < 1.29 is 9.90 Å². The largest absolute Gasteiger partial charge is 0.481 e. The highest BCUT2D eigenvalue weighted by Crippen LogP contribution is 2.33. The van der Waals surface area contributed by atoms with Crippen LogP contribution in [0.3, 0.4) is 0 Å². The standard InChI is InChI=1S/C15H17NO2S/c1-8-5-9(2)14(10(3)6-8)15-16-11(4)12(19-15)7-13(17)18/h5-6H,7H2,1-4H3,(H,17,18). The van der Waals surface area contributed by atoms with Gasteiger partial charge in [-0.25, -0.2) is 4.98 Å². The van der Waals surface area contributed by atoms with Crippen LogP contribution in [0, 0.1) is 27.7 Å². The molecule has 0 unspecified atom stereocenters. The molecule has 0 saturated heterocycles. The highest BCUT2D eigenvalue weighted by atomic mass is 32.1. The average Bonchev–Trinajstić information content (AvgIpc) is 2.57. The Balaban J connectivity index is 2.51. The van der Waals surface area contributed by atoms with E-state index in [9.17, 15) is 4.79 Å². The van der Waals surface area contributed by atoms with E-state index in [2.05, 4.69) is 37.9 Å². The van der Waals surface area contributed by atoms with Crippen molar-refractivity contribution in [3.05, 3.63) is 39.4 Å². The minimum Gasteiger partial charge on any atom is -0.481 e. The van der Waals surface area contributed by atoms with Crippen molar-refractivity contribution in [3.8, 4) is 10.6 Å². The molecule has 0 bridgehead atoms. The molecule has 0 atom stereocenters. The van der Waals surface area contributed by atoms with Crippen LogP contribution in [-0.2, 0) is 11.2 Å². The molecule has 0 aliphatic rings. The molecule has 19 heavy (non-hydrogen) atoms. The van der Waals surface area contributed by atoms with E-state index in [0.717, 1.165) is 21.1 Å². The molecule has 0 radical (unpaired) electrons. The van der Waals surface area contributed by atoms with Gasteiger partial charge in [-0.15, -0.1) is 11.3 Å². The average molecular weight is 275 g/mol. The molecule has 3 nitrogen and oxygen atoms in total. The lowest BCUT2D eigenvalue weighted by molar-refractivity contribution is -0.136. The van der Waals surface area contributed by atoms with Gasteiger partial charge in [0.15, 0.2) is 0 Å². The SMILES string of the molecule is Cc1cc(C)c(-c2nc(C)c(CC(=O)O)s2)c(C)c1. The molecule has 1 heterocycles. The first kappa shape index (κ1) is 13.7. The first-order chi connectivity index (χ1) is 8.88. The summed E-state index contributed by atoms with van der Waals surface area (Å²) in [5.41, 5.74) is 5.57. The molecule has 100 valence electrons. The molecular formula is C15H17NO2S. The lowest BCUT2D eigenvalue weighted by Gasteiger charge is -2.08. The maximum Gasteiger partial charge on any atom is 0.308 e. The number of hydrogen-bond donors (Lipinski definition) is 1. The topological polar surface area (TPSA) is 50.2 Å². The maximum atomic E-state index is 10.8. The van der Waals surface area contributed by atoms with E-state index in [1.54, 1.807) is 0 Å². The molecular weight excluding hydrogens is 258 g/mol. The Kier molecular flexibility index (Phi) is 3.71. The number of rotatable bonds is 3. The van der Waals surface area contributed by atoms with Crippen molar-refractivity contribution in [1.29, 1.82) is 0 Å². The lowest BCUT2D eigenvalue weighted by Crippen LogP contribution is -1.99. The fourth-order valence-electron chi connectivity index (χ4n) is 2.35. The molecule has 1 N–H and O–H groups in total. The van der Waals surface area contributed by atoms with E-state index < -0.39 is 5.97 Å². The first-order valence-corrected chi connectivity index (χ1v) is 6.96. The Hall–Kier alpha value is -1.68. The molecule has 0 spiro atoms. The second kappa shape index (κ2) is 5.13. The predicted molar refractivity (Wildman–Crippen MR) is 77.8 cm³/mol. The fraction of sp³-hybridized carbons (Fsp3) is 0.333. The second-order valence-electron chi connectivity index (χ2n) is 4.87. The monoisotopic (exact) mass is 275 g/mol. The van der Waals surface area contributed by atoms with Crippen LogP contribution in [0.2, 0.25) is 0 Å². The van der Waals surface area contributed by atoms with Crippen LogP contribution >= 0.6 is 11.3 Å². The molecule has 0 fully saturated rings. The summed E-state index contributed by atoms with van der Waals surface area (Å²) >= 11 is 1.48.